The van der Waals surface area contributed by atoms with Gasteiger partial charge in [-0.05, 0) is 46.0 Å². The highest BCUT2D eigenvalue weighted by Gasteiger charge is 2.54. The summed E-state index contributed by atoms with van der Waals surface area (Å²) in [6, 6.07) is 0.375. The average Bonchev–Trinajstić information content (AvgIpc) is 2.65. The molecular formula is C17H31NO2. The van der Waals surface area contributed by atoms with Crippen molar-refractivity contribution in [3.05, 3.63) is 0 Å². The second kappa shape index (κ2) is 5.94. The highest BCUT2D eigenvalue weighted by Crippen LogP contribution is 2.52. The van der Waals surface area contributed by atoms with E-state index in [0.29, 0.717) is 35.9 Å². The van der Waals surface area contributed by atoms with Crippen LogP contribution >= 0.6 is 0 Å². The van der Waals surface area contributed by atoms with E-state index >= 15 is 0 Å². The van der Waals surface area contributed by atoms with Crippen LogP contribution in [-0.4, -0.2) is 30.5 Å². The molecule has 0 amide bonds. The SMILES string of the molecule is CC1CC(OC2CC(N)C23CCCCCC3)CC(C)O1. The summed E-state index contributed by atoms with van der Waals surface area (Å²) in [5, 5.41) is 0. The molecule has 0 bridgehead atoms. The fourth-order valence-corrected chi connectivity index (χ4v) is 4.74. The van der Waals surface area contributed by atoms with Crippen molar-refractivity contribution in [1.29, 1.82) is 0 Å². The Morgan fingerprint density at radius 2 is 1.55 bits per heavy atom. The van der Waals surface area contributed by atoms with Crippen LogP contribution < -0.4 is 5.73 Å². The smallest absolute Gasteiger partial charge is 0.0664 e. The third-order valence-electron chi connectivity index (χ3n) is 5.89. The summed E-state index contributed by atoms with van der Waals surface area (Å²) < 4.78 is 12.4. The van der Waals surface area contributed by atoms with Crippen LogP contribution in [0.15, 0.2) is 0 Å². The second-order valence-corrected chi connectivity index (χ2v) is 7.47. The van der Waals surface area contributed by atoms with Crippen molar-refractivity contribution < 1.29 is 9.47 Å². The molecule has 3 fully saturated rings. The minimum absolute atomic E-state index is 0.307. The molecule has 2 saturated carbocycles. The predicted octanol–water partition coefficient (Wildman–Crippen LogP) is 3.40. The van der Waals surface area contributed by atoms with Crippen LogP contribution in [0, 0.1) is 5.41 Å². The first-order chi connectivity index (χ1) is 9.60. The van der Waals surface area contributed by atoms with Crippen LogP contribution in [0.5, 0.6) is 0 Å². The van der Waals surface area contributed by atoms with Gasteiger partial charge in [-0.25, -0.2) is 0 Å². The third kappa shape index (κ3) is 2.77. The maximum absolute atomic E-state index is 6.53. The fraction of sp³-hybridized carbons (Fsp3) is 1.00. The van der Waals surface area contributed by atoms with Gasteiger partial charge in [-0.15, -0.1) is 0 Å². The van der Waals surface area contributed by atoms with E-state index in [4.69, 9.17) is 15.2 Å². The molecule has 116 valence electrons. The van der Waals surface area contributed by atoms with Crippen LogP contribution in [0.1, 0.15) is 71.6 Å². The summed E-state index contributed by atoms with van der Waals surface area (Å²) in [6.07, 6.45) is 12.6. The van der Waals surface area contributed by atoms with Gasteiger partial charge in [-0.2, -0.15) is 0 Å². The van der Waals surface area contributed by atoms with Crippen molar-refractivity contribution in [2.45, 2.75) is 102 Å². The van der Waals surface area contributed by atoms with Crippen molar-refractivity contribution in [3.8, 4) is 0 Å². The summed E-state index contributed by atoms with van der Waals surface area (Å²) in [5.41, 5.74) is 6.71. The van der Waals surface area contributed by atoms with Gasteiger partial charge in [0.1, 0.15) is 0 Å². The lowest BCUT2D eigenvalue weighted by molar-refractivity contribution is -0.192. The lowest BCUT2D eigenvalue weighted by atomic mass is 9.58. The summed E-state index contributed by atoms with van der Waals surface area (Å²) in [7, 11) is 0. The highest BCUT2D eigenvalue weighted by atomic mass is 16.5. The van der Waals surface area contributed by atoms with Gasteiger partial charge in [-0.3, -0.25) is 0 Å². The lowest BCUT2D eigenvalue weighted by Gasteiger charge is -2.55. The number of hydrogen-bond acceptors (Lipinski definition) is 3. The molecule has 3 heteroatoms. The van der Waals surface area contributed by atoms with Gasteiger partial charge in [-0.1, -0.05) is 25.7 Å². The molecule has 2 N–H and O–H groups in total. The van der Waals surface area contributed by atoms with Crippen LogP contribution in [0.3, 0.4) is 0 Å². The highest BCUT2D eigenvalue weighted by molar-refractivity contribution is 5.07. The van der Waals surface area contributed by atoms with Gasteiger partial charge in [0.2, 0.25) is 0 Å². The third-order valence-corrected chi connectivity index (χ3v) is 5.89. The Labute approximate surface area is 123 Å². The zero-order valence-corrected chi connectivity index (χ0v) is 13.1. The quantitative estimate of drug-likeness (QED) is 0.843. The zero-order chi connectivity index (χ0) is 14.2. The van der Waals surface area contributed by atoms with Crippen molar-refractivity contribution in [1.82, 2.24) is 0 Å². The average molecular weight is 281 g/mol. The van der Waals surface area contributed by atoms with Gasteiger partial charge in [0.15, 0.2) is 0 Å². The Kier molecular flexibility index (Phi) is 4.40. The minimum atomic E-state index is 0.307. The Hall–Kier alpha value is -0.120. The number of nitrogens with two attached hydrogens (primary N) is 1. The van der Waals surface area contributed by atoms with Crippen molar-refractivity contribution in [2.75, 3.05) is 0 Å². The fourth-order valence-electron chi connectivity index (χ4n) is 4.74. The van der Waals surface area contributed by atoms with Crippen molar-refractivity contribution in [3.63, 3.8) is 0 Å². The Balaban J connectivity index is 1.62. The molecule has 0 aromatic carbocycles. The molecule has 2 aliphatic carbocycles. The van der Waals surface area contributed by atoms with E-state index in [2.05, 4.69) is 13.8 Å². The van der Waals surface area contributed by atoms with Crippen LogP contribution in [0.25, 0.3) is 0 Å². The van der Waals surface area contributed by atoms with Gasteiger partial charge < -0.3 is 15.2 Å². The summed E-state index contributed by atoms with van der Waals surface area (Å²) in [5.74, 6) is 0. The molecule has 4 atom stereocenters. The zero-order valence-electron chi connectivity index (χ0n) is 13.1. The molecule has 3 aliphatic rings. The topological polar surface area (TPSA) is 44.5 Å². The second-order valence-electron chi connectivity index (χ2n) is 7.47. The first kappa shape index (κ1) is 14.8. The molecule has 3 nitrogen and oxygen atoms in total. The molecule has 4 unspecified atom stereocenters. The first-order valence-corrected chi connectivity index (χ1v) is 8.66. The Morgan fingerprint density at radius 3 is 2.10 bits per heavy atom. The number of ether oxygens (including phenoxy) is 2. The molecule has 0 radical (unpaired) electrons. The Bertz CT molecular complexity index is 315. The van der Waals surface area contributed by atoms with Crippen molar-refractivity contribution >= 4 is 0 Å². The maximum Gasteiger partial charge on any atom is 0.0664 e. The van der Waals surface area contributed by atoms with Crippen LogP contribution in [0.4, 0.5) is 0 Å². The maximum atomic E-state index is 6.53. The number of hydrogen-bond donors (Lipinski definition) is 1. The largest absolute Gasteiger partial charge is 0.375 e. The van der Waals surface area contributed by atoms with E-state index in [1.54, 1.807) is 0 Å². The molecule has 1 spiro atoms. The standard InChI is InChI=1S/C17H31NO2/c1-12-9-14(10-13(2)19-12)20-16-11-15(18)17(16)7-5-3-4-6-8-17/h12-16H,3-11,18H2,1-2H3. The summed E-state index contributed by atoms with van der Waals surface area (Å²) in [4.78, 5) is 0. The van der Waals surface area contributed by atoms with Crippen molar-refractivity contribution in [2.24, 2.45) is 11.1 Å². The normalized spacial score (nSPS) is 44.9. The van der Waals surface area contributed by atoms with Crippen LogP contribution in [0.2, 0.25) is 0 Å². The van der Waals surface area contributed by atoms with E-state index in [9.17, 15) is 0 Å². The van der Waals surface area contributed by atoms with Gasteiger partial charge in [0.05, 0.1) is 24.4 Å². The lowest BCUT2D eigenvalue weighted by Crippen LogP contribution is -2.63. The minimum Gasteiger partial charge on any atom is -0.375 e. The predicted molar refractivity (Wildman–Crippen MR) is 80.6 cm³/mol. The molecule has 1 aliphatic heterocycles. The van der Waals surface area contributed by atoms with E-state index in [0.717, 1.165) is 19.3 Å². The molecular weight excluding hydrogens is 250 g/mol. The molecule has 0 aromatic rings. The number of rotatable bonds is 2. The Morgan fingerprint density at radius 1 is 0.950 bits per heavy atom. The molecule has 1 heterocycles. The van der Waals surface area contributed by atoms with E-state index in [-0.39, 0.29) is 0 Å². The van der Waals surface area contributed by atoms with E-state index < -0.39 is 0 Å². The monoisotopic (exact) mass is 281 g/mol. The van der Waals surface area contributed by atoms with Gasteiger partial charge >= 0.3 is 0 Å². The van der Waals surface area contributed by atoms with E-state index in [1.807, 2.05) is 0 Å². The summed E-state index contributed by atoms with van der Waals surface area (Å²) in [6.45, 7) is 4.33. The van der Waals surface area contributed by atoms with Crippen LogP contribution in [-0.2, 0) is 9.47 Å². The van der Waals surface area contributed by atoms with Gasteiger partial charge in [0, 0.05) is 11.5 Å². The van der Waals surface area contributed by atoms with Gasteiger partial charge in [0.25, 0.3) is 0 Å². The molecule has 20 heavy (non-hydrogen) atoms. The van der Waals surface area contributed by atoms with E-state index in [1.165, 1.54) is 38.5 Å². The first-order valence-electron chi connectivity index (χ1n) is 8.66. The molecule has 1 saturated heterocycles. The summed E-state index contributed by atoms with van der Waals surface area (Å²) >= 11 is 0. The molecule has 3 rings (SSSR count). The molecule has 0 aromatic heterocycles.